The maximum absolute atomic E-state index is 11.1. The first kappa shape index (κ1) is 17.6. The van der Waals surface area contributed by atoms with E-state index in [1.165, 1.54) is 31.4 Å². The van der Waals surface area contributed by atoms with Crippen molar-refractivity contribution in [1.82, 2.24) is 0 Å². The SMILES string of the molecule is CCCCN(CCCC)c1ccc(N2CCC(C(=O)O)C2)cc1. The van der Waals surface area contributed by atoms with Crippen LogP contribution in [0.25, 0.3) is 0 Å². The van der Waals surface area contributed by atoms with Crippen molar-refractivity contribution in [3.05, 3.63) is 24.3 Å². The highest BCUT2D eigenvalue weighted by Crippen LogP contribution is 2.26. The van der Waals surface area contributed by atoms with Gasteiger partial charge in [0.15, 0.2) is 0 Å². The zero-order valence-corrected chi connectivity index (χ0v) is 14.5. The van der Waals surface area contributed by atoms with Gasteiger partial charge in [0.05, 0.1) is 5.92 Å². The van der Waals surface area contributed by atoms with E-state index in [4.69, 9.17) is 5.11 Å². The first-order chi connectivity index (χ1) is 11.2. The van der Waals surface area contributed by atoms with Crippen molar-refractivity contribution in [1.29, 1.82) is 0 Å². The minimum atomic E-state index is -0.672. The molecule has 1 unspecified atom stereocenters. The molecule has 128 valence electrons. The molecule has 0 amide bonds. The molecule has 1 heterocycles. The van der Waals surface area contributed by atoms with E-state index < -0.39 is 5.97 Å². The van der Waals surface area contributed by atoms with Gasteiger partial charge in [0.2, 0.25) is 0 Å². The second-order valence-electron chi connectivity index (χ2n) is 6.48. The van der Waals surface area contributed by atoms with Gasteiger partial charge in [-0.25, -0.2) is 0 Å². The van der Waals surface area contributed by atoms with Gasteiger partial charge in [-0.15, -0.1) is 0 Å². The summed E-state index contributed by atoms with van der Waals surface area (Å²) in [6.07, 6.45) is 5.61. The fraction of sp³-hybridized carbons (Fsp3) is 0.632. The normalized spacial score (nSPS) is 17.5. The second-order valence-corrected chi connectivity index (χ2v) is 6.48. The van der Waals surface area contributed by atoms with Gasteiger partial charge in [0.1, 0.15) is 0 Å². The predicted octanol–water partition coefficient (Wildman–Crippen LogP) is 4.00. The number of carboxylic acid groups (broad SMARTS) is 1. The monoisotopic (exact) mass is 318 g/mol. The number of nitrogens with zero attached hydrogens (tertiary/aromatic N) is 2. The molecule has 1 saturated heterocycles. The van der Waals surface area contributed by atoms with Gasteiger partial charge in [0, 0.05) is 37.6 Å². The van der Waals surface area contributed by atoms with Gasteiger partial charge in [-0.3, -0.25) is 4.79 Å². The smallest absolute Gasteiger partial charge is 0.308 e. The molecule has 0 aromatic heterocycles. The third-order valence-electron chi connectivity index (χ3n) is 4.68. The Balaban J connectivity index is 2.00. The van der Waals surface area contributed by atoms with Crippen molar-refractivity contribution in [2.75, 3.05) is 36.0 Å². The molecule has 1 aliphatic rings. The van der Waals surface area contributed by atoms with Gasteiger partial charge in [0.25, 0.3) is 0 Å². The van der Waals surface area contributed by atoms with Crippen LogP contribution in [0.3, 0.4) is 0 Å². The minimum Gasteiger partial charge on any atom is -0.481 e. The average Bonchev–Trinajstić information content (AvgIpc) is 3.06. The van der Waals surface area contributed by atoms with Gasteiger partial charge >= 0.3 is 5.97 Å². The number of hydrogen-bond donors (Lipinski definition) is 1. The molecule has 0 bridgehead atoms. The molecule has 0 saturated carbocycles. The van der Waals surface area contributed by atoms with Crippen molar-refractivity contribution >= 4 is 17.3 Å². The lowest BCUT2D eigenvalue weighted by atomic mass is 10.1. The Morgan fingerprint density at radius 3 is 2.26 bits per heavy atom. The summed E-state index contributed by atoms with van der Waals surface area (Å²) in [7, 11) is 0. The van der Waals surface area contributed by atoms with Crippen LogP contribution < -0.4 is 9.80 Å². The Morgan fingerprint density at radius 2 is 1.78 bits per heavy atom. The summed E-state index contributed by atoms with van der Waals surface area (Å²) in [6, 6.07) is 8.67. The molecule has 1 aliphatic heterocycles. The molecule has 1 atom stereocenters. The summed E-state index contributed by atoms with van der Waals surface area (Å²) in [5, 5.41) is 9.13. The van der Waals surface area contributed by atoms with Gasteiger partial charge in [-0.2, -0.15) is 0 Å². The molecule has 4 nitrogen and oxygen atoms in total. The quantitative estimate of drug-likeness (QED) is 0.747. The minimum absolute atomic E-state index is 0.222. The molecular formula is C19H30N2O2. The largest absolute Gasteiger partial charge is 0.481 e. The van der Waals surface area contributed by atoms with Gasteiger partial charge in [-0.1, -0.05) is 26.7 Å². The fourth-order valence-corrected chi connectivity index (χ4v) is 3.14. The highest BCUT2D eigenvalue weighted by Gasteiger charge is 2.28. The van der Waals surface area contributed by atoms with Gasteiger partial charge in [-0.05, 0) is 43.5 Å². The Morgan fingerprint density at radius 1 is 1.17 bits per heavy atom. The van der Waals surface area contributed by atoms with Crippen molar-refractivity contribution in [2.24, 2.45) is 5.92 Å². The third-order valence-corrected chi connectivity index (χ3v) is 4.68. The molecule has 23 heavy (non-hydrogen) atoms. The highest BCUT2D eigenvalue weighted by molar-refractivity contribution is 5.72. The van der Waals surface area contributed by atoms with Crippen LogP contribution in [0.15, 0.2) is 24.3 Å². The van der Waals surface area contributed by atoms with E-state index in [2.05, 4.69) is 47.9 Å². The number of aliphatic carboxylic acids is 1. The summed E-state index contributed by atoms with van der Waals surface area (Å²) in [5.41, 5.74) is 2.42. The molecule has 0 spiro atoms. The lowest BCUT2D eigenvalue weighted by molar-refractivity contribution is -0.140. The van der Waals surface area contributed by atoms with E-state index in [9.17, 15) is 4.79 Å². The molecule has 2 rings (SSSR count). The first-order valence-electron chi connectivity index (χ1n) is 8.98. The van der Waals surface area contributed by atoms with Crippen molar-refractivity contribution in [3.63, 3.8) is 0 Å². The van der Waals surface area contributed by atoms with E-state index in [1.54, 1.807) is 0 Å². The summed E-state index contributed by atoms with van der Waals surface area (Å²) in [4.78, 5) is 15.7. The van der Waals surface area contributed by atoms with E-state index in [0.29, 0.717) is 6.54 Å². The average molecular weight is 318 g/mol. The maximum Gasteiger partial charge on any atom is 0.308 e. The standard InChI is InChI=1S/C19H30N2O2/c1-3-5-12-20(13-6-4-2)17-7-9-18(10-8-17)21-14-11-16(15-21)19(22)23/h7-10,16H,3-6,11-15H2,1-2H3,(H,22,23). The maximum atomic E-state index is 11.1. The Bertz CT molecular complexity index is 479. The number of anilines is 2. The summed E-state index contributed by atoms with van der Waals surface area (Å²) < 4.78 is 0. The fourth-order valence-electron chi connectivity index (χ4n) is 3.14. The van der Waals surface area contributed by atoms with E-state index in [0.717, 1.165) is 31.7 Å². The zero-order chi connectivity index (χ0) is 16.7. The van der Waals surface area contributed by atoms with E-state index in [-0.39, 0.29) is 5.92 Å². The Labute approximate surface area is 140 Å². The van der Waals surface area contributed by atoms with Crippen LogP contribution in [-0.4, -0.2) is 37.3 Å². The molecule has 1 N–H and O–H groups in total. The van der Waals surface area contributed by atoms with Crippen molar-refractivity contribution in [3.8, 4) is 0 Å². The van der Waals surface area contributed by atoms with Gasteiger partial charge < -0.3 is 14.9 Å². The molecule has 1 aromatic rings. The molecule has 1 fully saturated rings. The van der Waals surface area contributed by atoms with E-state index in [1.807, 2.05) is 0 Å². The number of carboxylic acids is 1. The number of carbonyl (C=O) groups is 1. The summed E-state index contributed by atoms with van der Waals surface area (Å²) in [6.45, 7) is 8.15. The van der Waals surface area contributed by atoms with E-state index >= 15 is 0 Å². The van der Waals surface area contributed by atoms with Crippen molar-refractivity contribution in [2.45, 2.75) is 46.0 Å². The molecule has 0 aliphatic carbocycles. The lowest BCUT2D eigenvalue weighted by Gasteiger charge is -2.26. The zero-order valence-electron chi connectivity index (χ0n) is 14.5. The van der Waals surface area contributed by atoms with Crippen LogP contribution in [-0.2, 0) is 4.79 Å². The number of benzene rings is 1. The van der Waals surface area contributed by atoms with Crippen molar-refractivity contribution < 1.29 is 9.90 Å². The highest BCUT2D eigenvalue weighted by atomic mass is 16.4. The number of rotatable bonds is 9. The van der Waals surface area contributed by atoms with Crippen LogP contribution in [0, 0.1) is 5.92 Å². The molecule has 1 aromatic carbocycles. The molecular weight excluding hydrogens is 288 g/mol. The van der Waals surface area contributed by atoms with Crippen LogP contribution in [0.5, 0.6) is 0 Å². The first-order valence-corrected chi connectivity index (χ1v) is 8.98. The summed E-state index contributed by atoms with van der Waals surface area (Å²) in [5.74, 6) is -0.894. The molecule has 4 heteroatoms. The number of hydrogen-bond acceptors (Lipinski definition) is 3. The Hall–Kier alpha value is -1.71. The topological polar surface area (TPSA) is 43.8 Å². The summed E-state index contributed by atoms with van der Waals surface area (Å²) >= 11 is 0. The second kappa shape index (κ2) is 8.80. The van der Waals surface area contributed by atoms with Crippen LogP contribution in [0.4, 0.5) is 11.4 Å². The van der Waals surface area contributed by atoms with Crippen LogP contribution >= 0.6 is 0 Å². The van der Waals surface area contributed by atoms with Crippen LogP contribution in [0.2, 0.25) is 0 Å². The third kappa shape index (κ3) is 4.88. The lowest BCUT2D eigenvalue weighted by Crippen LogP contribution is -2.26. The molecule has 0 radical (unpaired) electrons. The predicted molar refractivity (Wildman–Crippen MR) is 96.4 cm³/mol. The number of unbranched alkanes of at least 4 members (excludes halogenated alkanes) is 2. The van der Waals surface area contributed by atoms with Crippen LogP contribution in [0.1, 0.15) is 46.0 Å². The Kier molecular flexibility index (Phi) is 6.75.